The standard InChI is InChI=1S/C25H25N9O6S3/c1-30-14-6-3-4-7-15(14)33(24(30)40)22(39)26-10-16(35)34(17-8-5-9-41-17)18-19(36)32-11-25(21(37)38,12-42-20(18)32)13-43-23-27-28-29-31(23)2/h3-9,18,20H,10-13H2,1-2H3,(H,26,39)(H,37,38)/t18?,20-,25?/m1/s1. The van der Waals surface area contributed by atoms with Crippen LogP contribution in [0.3, 0.4) is 0 Å². The second-order valence-corrected chi connectivity index (χ2v) is 13.1. The molecule has 0 spiro atoms. The monoisotopic (exact) mass is 643 g/mol. The Hall–Kier alpha value is -4.16. The highest BCUT2D eigenvalue weighted by atomic mass is 32.2. The van der Waals surface area contributed by atoms with Gasteiger partial charge in [-0.15, -0.1) is 28.2 Å². The number of carbonyl (C=O) groups excluding carboxylic acids is 3. The molecule has 4 aromatic rings. The van der Waals surface area contributed by atoms with Gasteiger partial charge in [0, 0.05) is 32.1 Å². The van der Waals surface area contributed by atoms with Crippen molar-refractivity contribution in [3.63, 3.8) is 0 Å². The van der Waals surface area contributed by atoms with Crippen LogP contribution >= 0.6 is 34.9 Å². The number of benzene rings is 1. The average Bonchev–Trinajstić information content (AvgIpc) is 3.74. The molecule has 2 saturated heterocycles. The molecule has 0 aliphatic carbocycles. The summed E-state index contributed by atoms with van der Waals surface area (Å²) in [7, 11) is 3.21. The Morgan fingerprint density at radius 1 is 1.16 bits per heavy atom. The third kappa shape index (κ3) is 4.88. The predicted molar refractivity (Wildman–Crippen MR) is 159 cm³/mol. The normalized spacial score (nSPS) is 21.3. The number of nitrogens with zero attached hydrogens (tertiary/aromatic N) is 8. The van der Waals surface area contributed by atoms with Gasteiger partial charge in [0.25, 0.3) is 0 Å². The minimum absolute atomic E-state index is 0.0270. The van der Waals surface area contributed by atoms with E-state index in [0.717, 1.165) is 4.57 Å². The lowest BCUT2D eigenvalue weighted by Crippen LogP contribution is -2.75. The molecule has 0 bridgehead atoms. The van der Waals surface area contributed by atoms with Gasteiger partial charge in [0.2, 0.25) is 17.0 Å². The SMILES string of the molecule is Cn1nnnc1SCC1(C(=O)O)CS[C@@H]2C(N(C(=O)CNC(=O)n3c(=O)n(C)c4ccccc43)c3cccs3)C(=O)N2C1. The number of hydrogen-bond acceptors (Lipinski definition) is 11. The molecule has 15 nitrogen and oxygen atoms in total. The lowest BCUT2D eigenvalue weighted by atomic mass is 9.89. The van der Waals surface area contributed by atoms with Crippen LogP contribution in [-0.4, -0.2) is 99.2 Å². The average molecular weight is 644 g/mol. The van der Waals surface area contributed by atoms with E-state index in [2.05, 4.69) is 20.8 Å². The highest BCUT2D eigenvalue weighted by molar-refractivity contribution is 8.00. The molecule has 224 valence electrons. The van der Waals surface area contributed by atoms with Crippen molar-refractivity contribution in [1.82, 2.24) is 39.6 Å². The minimum atomic E-state index is -1.24. The third-order valence-electron chi connectivity index (χ3n) is 7.48. The summed E-state index contributed by atoms with van der Waals surface area (Å²) < 4.78 is 3.76. The first-order chi connectivity index (χ1) is 20.6. The fraction of sp³-hybridized carbons (Fsp3) is 0.360. The lowest BCUT2D eigenvalue weighted by Gasteiger charge is -2.56. The molecule has 2 aliphatic rings. The number of aromatic nitrogens is 6. The van der Waals surface area contributed by atoms with Crippen LogP contribution in [0.1, 0.15) is 0 Å². The summed E-state index contributed by atoms with van der Waals surface area (Å²) in [4.78, 5) is 68.3. The number of nitrogens with one attached hydrogen (secondary N) is 1. The molecule has 0 saturated carbocycles. The summed E-state index contributed by atoms with van der Waals surface area (Å²) in [5.41, 5.74) is -0.836. The van der Waals surface area contributed by atoms with E-state index in [1.807, 2.05) is 0 Å². The van der Waals surface area contributed by atoms with E-state index in [1.54, 1.807) is 55.9 Å². The van der Waals surface area contributed by atoms with E-state index >= 15 is 0 Å². The maximum absolute atomic E-state index is 13.6. The molecule has 6 rings (SSSR count). The number of hydrogen-bond donors (Lipinski definition) is 2. The molecule has 5 heterocycles. The van der Waals surface area contributed by atoms with E-state index in [4.69, 9.17) is 0 Å². The van der Waals surface area contributed by atoms with Crippen LogP contribution in [0, 0.1) is 5.41 Å². The molecule has 2 aliphatic heterocycles. The number of carbonyl (C=O) groups is 4. The Morgan fingerprint density at radius 2 is 1.93 bits per heavy atom. The van der Waals surface area contributed by atoms with Gasteiger partial charge in [-0.25, -0.2) is 18.8 Å². The number of carboxylic acids is 1. The molecular weight excluding hydrogens is 619 g/mol. The number of para-hydroxylation sites is 2. The Morgan fingerprint density at radius 3 is 2.60 bits per heavy atom. The van der Waals surface area contributed by atoms with Gasteiger partial charge in [0.05, 0.1) is 22.6 Å². The van der Waals surface area contributed by atoms with E-state index in [0.29, 0.717) is 21.2 Å². The molecule has 3 aromatic heterocycles. The van der Waals surface area contributed by atoms with Gasteiger partial charge in [-0.1, -0.05) is 23.9 Å². The van der Waals surface area contributed by atoms with Crippen LogP contribution in [0.2, 0.25) is 0 Å². The molecule has 2 N–H and O–H groups in total. The number of amides is 3. The van der Waals surface area contributed by atoms with Crippen LogP contribution in [-0.2, 0) is 28.5 Å². The Labute approximate surface area is 255 Å². The fourth-order valence-corrected chi connectivity index (χ4v) is 8.70. The van der Waals surface area contributed by atoms with Crippen molar-refractivity contribution in [2.75, 3.05) is 29.5 Å². The molecule has 2 fully saturated rings. The number of rotatable bonds is 8. The summed E-state index contributed by atoms with van der Waals surface area (Å²) in [6.07, 6.45) is 0. The van der Waals surface area contributed by atoms with Crippen LogP contribution in [0.15, 0.2) is 51.7 Å². The second kappa shape index (κ2) is 11.2. The van der Waals surface area contributed by atoms with Crippen molar-refractivity contribution in [1.29, 1.82) is 0 Å². The zero-order valence-electron chi connectivity index (χ0n) is 22.8. The molecular formula is C25H25N9O6S3. The topological polar surface area (TPSA) is 178 Å². The van der Waals surface area contributed by atoms with Crippen molar-refractivity contribution >= 4 is 74.7 Å². The van der Waals surface area contributed by atoms with Gasteiger partial charge in [0.15, 0.2) is 0 Å². The lowest BCUT2D eigenvalue weighted by molar-refractivity contribution is -0.156. The molecule has 1 aromatic carbocycles. The van der Waals surface area contributed by atoms with E-state index < -0.39 is 47.0 Å². The van der Waals surface area contributed by atoms with E-state index in [1.165, 1.54) is 53.9 Å². The largest absolute Gasteiger partial charge is 0.481 e. The van der Waals surface area contributed by atoms with Crippen LogP contribution in [0.25, 0.3) is 11.0 Å². The number of β-lactam (4-membered cyclic amide) rings is 1. The van der Waals surface area contributed by atoms with Crippen LogP contribution in [0.4, 0.5) is 9.80 Å². The number of anilines is 1. The van der Waals surface area contributed by atoms with Crippen molar-refractivity contribution in [2.45, 2.75) is 16.6 Å². The first-order valence-corrected chi connectivity index (χ1v) is 15.9. The smallest absolute Gasteiger partial charge is 0.337 e. The Bertz CT molecular complexity index is 1800. The summed E-state index contributed by atoms with van der Waals surface area (Å²) in [5, 5.41) is 26.2. The van der Waals surface area contributed by atoms with Gasteiger partial charge >= 0.3 is 17.7 Å². The predicted octanol–water partition coefficient (Wildman–Crippen LogP) is 0.663. The molecule has 18 heteroatoms. The highest BCUT2D eigenvalue weighted by Crippen LogP contribution is 2.46. The first kappa shape index (κ1) is 28.9. The fourth-order valence-electron chi connectivity index (χ4n) is 5.16. The maximum atomic E-state index is 13.6. The number of carboxylic acid groups (broad SMARTS) is 1. The summed E-state index contributed by atoms with van der Waals surface area (Å²) in [6.45, 7) is -0.490. The number of thiophene rings is 1. The maximum Gasteiger partial charge on any atom is 0.337 e. The summed E-state index contributed by atoms with van der Waals surface area (Å²) in [5.74, 6) is -1.60. The van der Waals surface area contributed by atoms with Crippen LogP contribution < -0.4 is 15.9 Å². The van der Waals surface area contributed by atoms with Gasteiger partial charge in [-0.3, -0.25) is 23.9 Å². The van der Waals surface area contributed by atoms with Gasteiger partial charge in [-0.05, 0) is 40.1 Å². The number of aryl methyl sites for hydroxylation is 2. The van der Waals surface area contributed by atoms with E-state index in [9.17, 15) is 29.1 Å². The zero-order chi connectivity index (χ0) is 30.5. The number of imidazole rings is 1. The van der Waals surface area contributed by atoms with Crippen LogP contribution in [0.5, 0.6) is 0 Å². The van der Waals surface area contributed by atoms with Gasteiger partial charge in [0.1, 0.15) is 16.8 Å². The number of thioether (sulfide) groups is 2. The summed E-state index contributed by atoms with van der Waals surface area (Å²) in [6, 6.07) is 8.61. The molecule has 3 amide bonds. The molecule has 43 heavy (non-hydrogen) atoms. The molecule has 0 radical (unpaired) electrons. The Balaban J connectivity index is 1.18. The second-order valence-electron chi connectivity index (χ2n) is 10.1. The highest BCUT2D eigenvalue weighted by Gasteiger charge is 2.59. The quantitative estimate of drug-likeness (QED) is 0.204. The van der Waals surface area contributed by atoms with Crippen molar-refractivity contribution < 1.29 is 24.3 Å². The number of aliphatic carboxylic acids is 1. The number of tetrazole rings is 1. The number of fused-ring (bicyclic) bond motifs is 2. The Kier molecular flexibility index (Phi) is 7.51. The van der Waals surface area contributed by atoms with Gasteiger partial charge < -0.3 is 15.3 Å². The zero-order valence-corrected chi connectivity index (χ0v) is 25.3. The van der Waals surface area contributed by atoms with Crippen molar-refractivity contribution in [2.24, 2.45) is 19.5 Å². The summed E-state index contributed by atoms with van der Waals surface area (Å²) >= 11 is 3.77. The molecule has 3 atom stereocenters. The third-order valence-corrected chi connectivity index (χ3v) is 11.2. The van der Waals surface area contributed by atoms with Crippen molar-refractivity contribution in [3.05, 3.63) is 52.3 Å². The van der Waals surface area contributed by atoms with Gasteiger partial charge in [-0.2, -0.15) is 0 Å². The van der Waals surface area contributed by atoms with E-state index in [-0.39, 0.29) is 24.0 Å². The minimum Gasteiger partial charge on any atom is -0.481 e. The van der Waals surface area contributed by atoms with Crippen molar-refractivity contribution in [3.8, 4) is 0 Å². The molecule has 2 unspecified atom stereocenters. The first-order valence-electron chi connectivity index (χ1n) is 12.9.